The number of hydrogen-bond donors (Lipinski definition) is 0. The zero-order valence-corrected chi connectivity index (χ0v) is 19.9. The van der Waals surface area contributed by atoms with Gasteiger partial charge in [-0.15, -0.1) is 11.3 Å². The Morgan fingerprint density at radius 2 is 1.39 bits per heavy atom. The van der Waals surface area contributed by atoms with Crippen molar-refractivity contribution in [2.45, 2.75) is 0 Å². The number of ether oxygens (including phenoxy) is 1. The fourth-order valence-electron chi connectivity index (χ4n) is 4.78. The van der Waals surface area contributed by atoms with Gasteiger partial charge in [-0.25, -0.2) is 9.37 Å². The smallest absolute Gasteiger partial charge is 0.151 e. The van der Waals surface area contributed by atoms with Crippen LogP contribution in [-0.2, 0) is 0 Å². The maximum Gasteiger partial charge on any atom is 0.151 e. The molecule has 0 amide bonds. The average Bonchev–Trinajstić information content (AvgIpc) is 3.46. The predicted octanol–water partition coefficient (Wildman–Crippen LogP) is 9.34. The van der Waals surface area contributed by atoms with E-state index in [0.717, 1.165) is 61.2 Å². The molecule has 0 radical (unpaired) electrons. The lowest BCUT2D eigenvalue weighted by Gasteiger charge is -2.33. The van der Waals surface area contributed by atoms with Crippen LogP contribution in [0.15, 0.2) is 115 Å². The van der Waals surface area contributed by atoms with Gasteiger partial charge in [0, 0.05) is 21.4 Å². The maximum absolute atomic E-state index is 13.7. The van der Waals surface area contributed by atoms with Gasteiger partial charge >= 0.3 is 0 Å². The number of pyridine rings is 1. The first-order valence-corrected chi connectivity index (χ1v) is 12.5. The number of benzene rings is 4. The Balaban J connectivity index is 1.55. The molecule has 4 aromatic carbocycles. The van der Waals surface area contributed by atoms with Gasteiger partial charge in [0.25, 0.3) is 0 Å². The Kier molecular flexibility index (Phi) is 4.82. The monoisotopic (exact) mass is 486 g/mol. The fourth-order valence-corrected chi connectivity index (χ4v) is 5.54. The summed E-state index contributed by atoms with van der Waals surface area (Å²) in [6, 6.07) is 35.2. The molecule has 172 valence electrons. The summed E-state index contributed by atoms with van der Waals surface area (Å²) in [5, 5.41) is 3.14. The van der Waals surface area contributed by atoms with Gasteiger partial charge in [0.15, 0.2) is 11.5 Å². The van der Waals surface area contributed by atoms with Crippen LogP contribution in [-0.4, -0.2) is 4.98 Å². The summed E-state index contributed by atoms with van der Waals surface area (Å²) in [5.74, 6) is 1.32. The Labute approximate surface area is 211 Å². The van der Waals surface area contributed by atoms with Gasteiger partial charge in [0.05, 0.1) is 28.3 Å². The van der Waals surface area contributed by atoms with Gasteiger partial charge < -0.3 is 9.64 Å². The quantitative estimate of drug-likeness (QED) is 0.249. The van der Waals surface area contributed by atoms with E-state index in [1.807, 2.05) is 36.4 Å². The first-order valence-electron chi connectivity index (χ1n) is 11.7. The van der Waals surface area contributed by atoms with E-state index in [2.05, 4.69) is 58.8 Å². The molecule has 0 aliphatic carbocycles. The molecule has 1 aliphatic heterocycles. The van der Waals surface area contributed by atoms with Crippen LogP contribution in [0.5, 0.6) is 11.5 Å². The van der Waals surface area contributed by atoms with Crippen LogP contribution in [0.1, 0.15) is 0 Å². The summed E-state index contributed by atoms with van der Waals surface area (Å²) in [7, 11) is 0. The molecule has 2 aromatic heterocycles. The van der Waals surface area contributed by atoms with Crippen LogP contribution in [0.25, 0.3) is 32.6 Å². The van der Waals surface area contributed by atoms with Crippen molar-refractivity contribution >= 4 is 39.3 Å². The molecular weight excluding hydrogens is 467 g/mol. The van der Waals surface area contributed by atoms with E-state index in [4.69, 9.17) is 9.72 Å². The normalized spacial score (nSPS) is 12.2. The SMILES string of the molecule is Fc1ccc(-c2cc(-c3cccs3)c3cccc(N4c5ccccc5Oc5ccccc54)c3n2)cc1. The van der Waals surface area contributed by atoms with E-state index in [9.17, 15) is 4.39 Å². The summed E-state index contributed by atoms with van der Waals surface area (Å²) >= 11 is 1.69. The number of rotatable bonds is 3. The molecule has 0 N–H and O–H groups in total. The number of fused-ring (bicyclic) bond motifs is 3. The molecule has 3 nitrogen and oxygen atoms in total. The Morgan fingerprint density at radius 1 is 0.694 bits per heavy atom. The van der Waals surface area contributed by atoms with E-state index in [1.165, 1.54) is 12.1 Å². The van der Waals surface area contributed by atoms with Crippen molar-refractivity contribution in [1.82, 2.24) is 4.98 Å². The van der Waals surface area contributed by atoms with Crippen molar-refractivity contribution in [3.05, 3.63) is 120 Å². The van der Waals surface area contributed by atoms with Crippen LogP contribution in [0.3, 0.4) is 0 Å². The lowest BCUT2D eigenvalue weighted by Crippen LogP contribution is -2.16. The van der Waals surface area contributed by atoms with E-state index in [-0.39, 0.29) is 5.82 Å². The first-order chi connectivity index (χ1) is 17.8. The highest BCUT2D eigenvalue weighted by Gasteiger charge is 2.27. The molecule has 0 unspecified atom stereocenters. The highest BCUT2D eigenvalue weighted by atomic mass is 32.1. The van der Waals surface area contributed by atoms with Gasteiger partial charge in [0.1, 0.15) is 5.82 Å². The predicted molar refractivity (Wildman–Crippen MR) is 145 cm³/mol. The zero-order chi connectivity index (χ0) is 24.1. The second-order valence-corrected chi connectivity index (χ2v) is 9.53. The maximum atomic E-state index is 13.7. The Morgan fingerprint density at radius 3 is 2.08 bits per heavy atom. The fraction of sp³-hybridized carbons (Fsp3) is 0. The molecule has 0 saturated heterocycles. The molecule has 36 heavy (non-hydrogen) atoms. The standard InChI is InChI=1S/C31H19FN2OS/c32-21-16-14-20(15-17-21)24-19-23(30-13-6-18-36-30)22-7-5-10-27(31(22)33-24)34-25-8-1-3-11-28(25)35-29-12-4-2-9-26(29)34/h1-19H. The summed E-state index contributed by atoms with van der Waals surface area (Å²) in [4.78, 5) is 8.54. The number of aromatic nitrogens is 1. The minimum atomic E-state index is -0.264. The van der Waals surface area contributed by atoms with Crippen molar-refractivity contribution in [1.29, 1.82) is 0 Å². The molecule has 0 spiro atoms. The molecule has 1 aliphatic rings. The molecular formula is C31H19FN2OS. The molecule has 6 aromatic rings. The molecule has 0 saturated carbocycles. The van der Waals surface area contributed by atoms with Gasteiger partial charge in [0.2, 0.25) is 0 Å². The zero-order valence-electron chi connectivity index (χ0n) is 19.1. The van der Waals surface area contributed by atoms with Gasteiger partial charge in [-0.05, 0) is 72.1 Å². The van der Waals surface area contributed by atoms with Gasteiger partial charge in [-0.2, -0.15) is 0 Å². The third kappa shape index (κ3) is 3.36. The van der Waals surface area contributed by atoms with Crippen molar-refractivity contribution in [2.75, 3.05) is 4.90 Å². The second-order valence-electron chi connectivity index (χ2n) is 8.59. The average molecular weight is 487 g/mol. The highest BCUT2D eigenvalue weighted by Crippen LogP contribution is 2.51. The number of hydrogen-bond acceptors (Lipinski definition) is 4. The number of para-hydroxylation sites is 5. The van der Waals surface area contributed by atoms with E-state index in [0.29, 0.717) is 0 Å². The molecule has 0 atom stereocenters. The lowest BCUT2D eigenvalue weighted by molar-refractivity contribution is 0.477. The van der Waals surface area contributed by atoms with Gasteiger partial charge in [-0.3, -0.25) is 0 Å². The van der Waals surface area contributed by atoms with Crippen LogP contribution < -0.4 is 9.64 Å². The van der Waals surface area contributed by atoms with Crippen LogP contribution in [0.2, 0.25) is 0 Å². The van der Waals surface area contributed by atoms with Crippen molar-refractivity contribution in [3.8, 4) is 33.2 Å². The van der Waals surface area contributed by atoms with Crippen molar-refractivity contribution in [2.24, 2.45) is 0 Å². The summed E-state index contributed by atoms with van der Waals surface area (Å²) in [6.07, 6.45) is 0. The minimum absolute atomic E-state index is 0.264. The van der Waals surface area contributed by atoms with Crippen molar-refractivity contribution < 1.29 is 9.13 Å². The van der Waals surface area contributed by atoms with Crippen LogP contribution in [0.4, 0.5) is 21.5 Å². The number of nitrogens with zero attached hydrogens (tertiary/aromatic N) is 2. The van der Waals surface area contributed by atoms with Crippen LogP contribution >= 0.6 is 11.3 Å². The Hall–Kier alpha value is -4.48. The summed E-state index contributed by atoms with van der Waals surface area (Å²) < 4.78 is 19.9. The molecule has 7 rings (SSSR count). The lowest BCUT2D eigenvalue weighted by atomic mass is 10.0. The van der Waals surface area contributed by atoms with Crippen molar-refractivity contribution in [3.63, 3.8) is 0 Å². The van der Waals surface area contributed by atoms with E-state index >= 15 is 0 Å². The topological polar surface area (TPSA) is 25.4 Å². The van der Waals surface area contributed by atoms with Crippen LogP contribution in [0, 0.1) is 5.82 Å². The van der Waals surface area contributed by atoms with Gasteiger partial charge in [-0.1, -0.05) is 42.5 Å². The second kappa shape index (κ2) is 8.33. The number of halogens is 1. The summed E-state index contributed by atoms with van der Waals surface area (Å²) in [5.41, 5.74) is 6.50. The molecule has 5 heteroatoms. The van der Waals surface area contributed by atoms with E-state index in [1.54, 1.807) is 23.5 Å². The third-order valence-corrected chi connectivity index (χ3v) is 7.32. The Bertz CT molecular complexity index is 1680. The van der Waals surface area contributed by atoms with E-state index < -0.39 is 0 Å². The molecule has 3 heterocycles. The molecule has 0 fully saturated rings. The molecule has 0 bridgehead atoms. The number of anilines is 3. The minimum Gasteiger partial charge on any atom is -0.453 e. The third-order valence-electron chi connectivity index (χ3n) is 6.42. The largest absolute Gasteiger partial charge is 0.453 e. The highest BCUT2D eigenvalue weighted by molar-refractivity contribution is 7.13. The first kappa shape index (κ1) is 20.9. The summed E-state index contributed by atoms with van der Waals surface area (Å²) in [6.45, 7) is 0. The number of thiophene rings is 1.